The van der Waals surface area contributed by atoms with Gasteiger partial charge in [-0.15, -0.1) is 23.5 Å². The normalized spacial score (nSPS) is 34.7. The molecule has 2 aromatic rings. The van der Waals surface area contributed by atoms with Crippen molar-refractivity contribution < 1.29 is 0 Å². The van der Waals surface area contributed by atoms with Crippen LogP contribution in [-0.2, 0) is 4.75 Å². The van der Waals surface area contributed by atoms with Gasteiger partial charge in [0, 0.05) is 21.3 Å². The summed E-state index contributed by atoms with van der Waals surface area (Å²) in [5, 5.41) is 1.33. The van der Waals surface area contributed by atoms with Crippen molar-refractivity contribution in [1.82, 2.24) is 0 Å². The van der Waals surface area contributed by atoms with Crippen LogP contribution in [0.25, 0.3) is 4.91 Å². The van der Waals surface area contributed by atoms with Crippen molar-refractivity contribution in [3.8, 4) is 0 Å². The van der Waals surface area contributed by atoms with Gasteiger partial charge in [0.25, 0.3) is 0 Å². The molecule has 4 bridgehead atoms. The zero-order valence-electron chi connectivity index (χ0n) is 12.1. The minimum atomic E-state index is 0.127. The molecule has 108 valence electrons. The van der Waals surface area contributed by atoms with Gasteiger partial charge < -0.3 is 0 Å². The molecular weight excluding hydrogens is 304 g/mol. The van der Waals surface area contributed by atoms with E-state index in [1.807, 2.05) is 0 Å². The monoisotopic (exact) mass is 320 g/mol. The van der Waals surface area contributed by atoms with Crippen molar-refractivity contribution in [2.45, 2.75) is 15.2 Å². The highest BCUT2D eigenvalue weighted by Crippen LogP contribution is 2.67. The van der Waals surface area contributed by atoms with Gasteiger partial charge in [-0.3, -0.25) is 0 Å². The van der Waals surface area contributed by atoms with Crippen LogP contribution in [0.15, 0.2) is 78.9 Å². The second kappa shape index (κ2) is 4.81. The topological polar surface area (TPSA) is 0 Å². The summed E-state index contributed by atoms with van der Waals surface area (Å²) in [5.41, 5.74) is 2.81. The van der Waals surface area contributed by atoms with E-state index in [9.17, 15) is 0 Å². The van der Waals surface area contributed by atoms with Crippen molar-refractivity contribution in [1.29, 1.82) is 0 Å². The number of rotatable bonds is 2. The first-order chi connectivity index (χ1) is 10.9. The zero-order chi connectivity index (χ0) is 14.6. The van der Waals surface area contributed by atoms with E-state index in [1.54, 1.807) is 0 Å². The van der Waals surface area contributed by atoms with Crippen LogP contribution in [0.4, 0.5) is 0 Å². The van der Waals surface area contributed by atoms with Gasteiger partial charge >= 0.3 is 0 Å². The molecule has 0 saturated carbocycles. The number of thioether (sulfide) groups is 2. The highest BCUT2D eigenvalue weighted by atomic mass is 32.2. The summed E-state index contributed by atoms with van der Waals surface area (Å²) in [7, 11) is 0. The molecule has 1 saturated heterocycles. The van der Waals surface area contributed by atoms with Crippen LogP contribution in [0.5, 0.6) is 0 Å². The second-order valence-corrected chi connectivity index (χ2v) is 8.78. The Balaban J connectivity index is 1.69. The summed E-state index contributed by atoms with van der Waals surface area (Å²) >= 11 is 4.22. The molecular formula is C20H16S2. The molecule has 2 aromatic carbocycles. The Hall–Kier alpha value is -1.38. The van der Waals surface area contributed by atoms with Crippen molar-refractivity contribution in [3.05, 3.63) is 90.0 Å². The van der Waals surface area contributed by atoms with Crippen LogP contribution in [0, 0.1) is 5.92 Å². The summed E-state index contributed by atoms with van der Waals surface area (Å²) < 4.78 is 0.127. The van der Waals surface area contributed by atoms with E-state index >= 15 is 0 Å². The first-order valence-corrected chi connectivity index (χ1v) is 9.49. The van der Waals surface area contributed by atoms with Crippen LogP contribution >= 0.6 is 23.5 Å². The summed E-state index contributed by atoms with van der Waals surface area (Å²) in [6, 6.07) is 21.9. The molecule has 2 heterocycles. The molecule has 2 aliphatic heterocycles. The van der Waals surface area contributed by atoms with Gasteiger partial charge in [0.1, 0.15) is 0 Å². The first kappa shape index (κ1) is 13.1. The Morgan fingerprint density at radius 3 is 2.32 bits per heavy atom. The quantitative estimate of drug-likeness (QED) is 0.685. The lowest BCUT2D eigenvalue weighted by Gasteiger charge is -2.37. The van der Waals surface area contributed by atoms with Gasteiger partial charge in [-0.05, 0) is 17.2 Å². The van der Waals surface area contributed by atoms with Crippen molar-refractivity contribution in [2.75, 3.05) is 0 Å². The molecule has 22 heavy (non-hydrogen) atoms. The van der Waals surface area contributed by atoms with Gasteiger partial charge in [-0.2, -0.15) is 0 Å². The standard InChI is InChI=1S/C20H16S2/c1-3-7-14(8-4-1)18-13-20(15-9-5-2-6-10-15)16-11-12-17(22-20)19(16)21-18/h1-13,16-17,19H/t16-,17+,19-,20-/m0/s1. The highest BCUT2D eigenvalue weighted by Gasteiger charge is 2.58. The van der Waals surface area contributed by atoms with Crippen LogP contribution in [0.1, 0.15) is 11.1 Å². The fraction of sp³-hybridized carbons (Fsp3) is 0.200. The Morgan fingerprint density at radius 2 is 1.55 bits per heavy atom. The third kappa shape index (κ3) is 1.74. The smallest absolute Gasteiger partial charge is 0.0681 e. The van der Waals surface area contributed by atoms with Crippen molar-refractivity contribution in [3.63, 3.8) is 0 Å². The number of allylic oxidation sites excluding steroid dienone is 1. The molecule has 0 amide bonds. The van der Waals surface area contributed by atoms with E-state index in [1.165, 1.54) is 16.0 Å². The van der Waals surface area contributed by atoms with Crippen LogP contribution in [0.3, 0.4) is 0 Å². The number of hydrogen-bond donors (Lipinski definition) is 0. The SMILES string of the molecule is C1=C[C@H]2[C@@H]3SC(c4ccccc4)=C[C@@]2(c2ccccc2)S[C@H]13. The molecule has 1 aliphatic carbocycles. The third-order valence-corrected chi connectivity index (χ3v) is 8.28. The lowest BCUT2D eigenvalue weighted by molar-refractivity contribution is 0.573. The summed E-state index contributed by atoms with van der Waals surface area (Å²) in [5.74, 6) is 0.627. The van der Waals surface area contributed by atoms with E-state index in [0.29, 0.717) is 16.4 Å². The summed E-state index contributed by atoms with van der Waals surface area (Å²) in [6.07, 6.45) is 7.43. The molecule has 1 fully saturated rings. The maximum absolute atomic E-state index is 2.54. The average Bonchev–Trinajstić information content (AvgIpc) is 3.07. The molecule has 2 heteroatoms. The third-order valence-electron chi connectivity index (χ3n) is 4.90. The van der Waals surface area contributed by atoms with Gasteiger partial charge in [-0.1, -0.05) is 72.8 Å². The minimum Gasteiger partial charge on any atom is -0.137 e. The first-order valence-electron chi connectivity index (χ1n) is 7.73. The molecule has 5 rings (SSSR count). The predicted octanol–water partition coefficient (Wildman–Crippen LogP) is 5.34. The van der Waals surface area contributed by atoms with Crippen LogP contribution < -0.4 is 0 Å². The molecule has 0 radical (unpaired) electrons. The Kier molecular flexibility index (Phi) is 2.86. The van der Waals surface area contributed by atoms with Gasteiger partial charge in [0.15, 0.2) is 0 Å². The highest BCUT2D eigenvalue weighted by molar-refractivity contribution is 8.11. The Bertz CT molecular complexity index is 763. The molecule has 3 aliphatic rings. The predicted molar refractivity (Wildman–Crippen MR) is 97.9 cm³/mol. The number of hydrogen-bond acceptors (Lipinski definition) is 2. The van der Waals surface area contributed by atoms with E-state index < -0.39 is 0 Å². The molecule has 0 aromatic heterocycles. The Labute approximate surface area is 139 Å². The van der Waals surface area contributed by atoms with Gasteiger partial charge in [0.05, 0.1) is 4.75 Å². The fourth-order valence-corrected chi connectivity index (χ4v) is 7.65. The average molecular weight is 320 g/mol. The van der Waals surface area contributed by atoms with Crippen molar-refractivity contribution in [2.24, 2.45) is 5.92 Å². The summed E-state index contributed by atoms with van der Waals surface area (Å²) in [4.78, 5) is 1.45. The summed E-state index contributed by atoms with van der Waals surface area (Å²) in [6.45, 7) is 0. The molecule has 4 atom stereocenters. The van der Waals surface area contributed by atoms with Gasteiger partial charge in [-0.25, -0.2) is 0 Å². The minimum absolute atomic E-state index is 0.127. The van der Waals surface area contributed by atoms with Gasteiger partial charge in [0.2, 0.25) is 0 Å². The number of benzene rings is 2. The van der Waals surface area contributed by atoms with E-state index in [0.717, 1.165) is 0 Å². The molecule has 0 nitrogen and oxygen atoms in total. The largest absolute Gasteiger partial charge is 0.137 e. The maximum atomic E-state index is 2.54. The lowest BCUT2D eigenvalue weighted by atomic mass is 9.83. The molecule has 0 N–H and O–H groups in total. The zero-order valence-corrected chi connectivity index (χ0v) is 13.7. The van der Waals surface area contributed by atoms with Crippen LogP contribution in [-0.4, -0.2) is 10.5 Å². The van der Waals surface area contributed by atoms with E-state index in [4.69, 9.17) is 0 Å². The van der Waals surface area contributed by atoms with Crippen molar-refractivity contribution >= 4 is 28.4 Å². The molecule has 0 spiro atoms. The fourth-order valence-electron chi connectivity index (χ4n) is 3.89. The lowest BCUT2D eigenvalue weighted by Crippen LogP contribution is -2.31. The van der Waals surface area contributed by atoms with E-state index in [-0.39, 0.29) is 4.75 Å². The second-order valence-electron chi connectivity index (χ2n) is 6.11. The molecule has 0 unspecified atom stereocenters. The van der Waals surface area contributed by atoms with Crippen LogP contribution in [0.2, 0.25) is 0 Å². The Morgan fingerprint density at radius 1 is 0.818 bits per heavy atom. The maximum Gasteiger partial charge on any atom is 0.0681 e. The van der Waals surface area contributed by atoms with E-state index in [2.05, 4.69) is 102 Å².